The van der Waals surface area contributed by atoms with Crippen molar-refractivity contribution in [2.45, 2.75) is 24.0 Å². The van der Waals surface area contributed by atoms with Gasteiger partial charge in [-0.2, -0.15) is 4.31 Å². The van der Waals surface area contributed by atoms with Gasteiger partial charge in [0.25, 0.3) is 10.0 Å². The third kappa shape index (κ3) is 2.20. The molecule has 6 heteroatoms. The molecule has 0 aromatic carbocycles. The van der Waals surface area contributed by atoms with Crippen molar-refractivity contribution >= 4 is 37.3 Å². The van der Waals surface area contributed by atoms with Crippen molar-refractivity contribution in [3.05, 3.63) is 15.9 Å². The van der Waals surface area contributed by atoms with Crippen LogP contribution >= 0.6 is 27.3 Å². The molecule has 2 heterocycles. The van der Waals surface area contributed by atoms with Crippen LogP contribution in [0.4, 0.5) is 0 Å². The average Bonchev–Trinajstić information content (AvgIpc) is 2.85. The van der Waals surface area contributed by atoms with Crippen molar-refractivity contribution in [1.29, 1.82) is 0 Å². The van der Waals surface area contributed by atoms with Crippen LogP contribution in [0.1, 0.15) is 19.8 Å². The van der Waals surface area contributed by atoms with E-state index in [1.807, 2.05) is 0 Å². The number of hydrogen-bond donors (Lipinski definition) is 0. The van der Waals surface area contributed by atoms with Gasteiger partial charge in [-0.15, -0.1) is 11.3 Å². The Hall–Kier alpha value is 0.0900. The monoisotopic (exact) mass is 323 g/mol. The molecule has 1 aliphatic heterocycles. The van der Waals surface area contributed by atoms with E-state index in [4.69, 9.17) is 0 Å². The Morgan fingerprint density at radius 3 is 2.88 bits per heavy atom. The third-order valence-corrected chi connectivity index (χ3v) is 7.50. The molecule has 1 aliphatic rings. The second kappa shape index (κ2) is 4.76. The van der Waals surface area contributed by atoms with Crippen LogP contribution in [0, 0.1) is 5.92 Å². The summed E-state index contributed by atoms with van der Waals surface area (Å²) in [7, 11) is -3.26. The van der Waals surface area contributed by atoms with Crippen LogP contribution in [-0.4, -0.2) is 25.8 Å². The van der Waals surface area contributed by atoms with Gasteiger partial charge in [-0.05, 0) is 39.7 Å². The molecular formula is C10H14BrNO2S2. The van der Waals surface area contributed by atoms with Crippen LogP contribution in [0.3, 0.4) is 0 Å². The van der Waals surface area contributed by atoms with Gasteiger partial charge in [0.05, 0.1) is 0 Å². The number of halogens is 1. The van der Waals surface area contributed by atoms with Crippen LogP contribution in [0.5, 0.6) is 0 Å². The minimum absolute atomic E-state index is 0.434. The first kappa shape index (κ1) is 12.5. The maximum Gasteiger partial charge on any atom is 0.253 e. The van der Waals surface area contributed by atoms with Gasteiger partial charge >= 0.3 is 0 Å². The molecule has 0 spiro atoms. The maximum atomic E-state index is 12.3. The highest BCUT2D eigenvalue weighted by Crippen LogP contribution is 2.33. The Morgan fingerprint density at radius 1 is 1.62 bits per heavy atom. The van der Waals surface area contributed by atoms with Crippen LogP contribution in [0.25, 0.3) is 0 Å². The fourth-order valence-electron chi connectivity index (χ4n) is 1.93. The minimum Gasteiger partial charge on any atom is -0.206 e. The molecule has 90 valence electrons. The summed E-state index contributed by atoms with van der Waals surface area (Å²) in [5.41, 5.74) is 0. The van der Waals surface area contributed by atoms with E-state index >= 15 is 0 Å². The van der Waals surface area contributed by atoms with Gasteiger partial charge in [0.1, 0.15) is 4.21 Å². The summed E-state index contributed by atoms with van der Waals surface area (Å²) in [6.07, 6.45) is 2.04. The summed E-state index contributed by atoms with van der Waals surface area (Å²) in [4.78, 5) is 0. The van der Waals surface area contributed by atoms with E-state index in [1.165, 1.54) is 11.3 Å². The number of thiophene rings is 1. The quantitative estimate of drug-likeness (QED) is 0.857. The smallest absolute Gasteiger partial charge is 0.206 e. The predicted molar refractivity (Wildman–Crippen MR) is 69.2 cm³/mol. The lowest BCUT2D eigenvalue weighted by Gasteiger charge is -2.15. The number of nitrogens with zero attached hydrogens (tertiary/aromatic N) is 1. The van der Waals surface area contributed by atoms with Crippen LogP contribution in [0.2, 0.25) is 0 Å². The number of hydrogen-bond acceptors (Lipinski definition) is 3. The Kier molecular flexibility index (Phi) is 3.73. The highest BCUT2D eigenvalue weighted by atomic mass is 79.9. The minimum atomic E-state index is -3.26. The second-order valence-electron chi connectivity index (χ2n) is 3.98. The number of rotatable bonds is 3. The Labute approximate surface area is 109 Å². The van der Waals surface area contributed by atoms with Gasteiger partial charge in [-0.25, -0.2) is 8.42 Å². The molecule has 0 bridgehead atoms. The van der Waals surface area contributed by atoms with E-state index in [1.54, 1.807) is 15.8 Å². The summed E-state index contributed by atoms with van der Waals surface area (Å²) in [6, 6.07) is 1.78. The molecule has 1 fully saturated rings. The van der Waals surface area contributed by atoms with Crippen molar-refractivity contribution in [1.82, 2.24) is 4.31 Å². The first-order valence-electron chi connectivity index (χ1n) is 5.29. The Morgan fingerprint density at radius 2 is 2.38 bits per heavy atom. The predicted octanol–water partition coefficient (Wildman–Crippen LogP) is 2.93. The molecule has 1 aromatic heterocycles. The van der Waals surface area contributed by atoms with E-state index in [2.05, 4.69) is 22.9 Å². The maximum absolute atomic E-state index is 12.3. The van der Waals surface area contributed by atoms with Crippen molar-refractivity contribution < 1.29 is 8.42 Å². The van der Waals surface area contributed by atoms with Crippen molar-refractivity contribution in [3.8, 4) is 0 Å². The fourth-order valence-corrected chi connectivity index (χ4v) is 5.91. The summed E-state index contributed by atoms with van der Waals surface area (Å²) in [5.74, 6) is 0.522. The van der Waals surface area contributed by atoms with Gasteiger partial charge in [0.15, 0.2) is 0 Å². The highest BCUT2D eigenvalue weighted by Gasteiger charge is 2.33. The molecule has 16 heavy (non-hydrogen) atoms. The lowest BCUT2D eigenvalue weighted by molar-refractivity contribution is 0.454. The van der Waals surface area contributed by atoms with E-state index in [0.717, 1.165) is 12.8 Å². The third-order valence-electron chi connectivity index (χ3n) is 2.98. The zero-order valence-electron chi connectivity index (χ0n) is 9.02. The van der Waals surface area contributed by atoms with Crippen LogP contribution in [-0.2, 0) is 10.0 Å². The topological polar surface area (TPSA) is 37.4 Å². The van der Waals surface area contributed by atoms with Gasteiger partial charge < -0.3 is 0 Å². The summed E-state index contributed by atoms with van der Waals surface area (Å²) >= 11 is 4.56. The lowest BCUT2D eigenvalue weighted by atomic mass is 10.1. The highest BCUT2D eigenvalue weighted by molar-refractivity contribution is 9.10. The van der Waals surface area contributed by atoms with Crippen LogP contribution < -0.4 is 0 Å². The van der Waals surface area contributed by atoms with E-state index in [-0.39, 0.29) is 0 Å². The molecule has 2 rings (SSSR count). The van der Waals surface area contributed by atoms with Crippen LogP contribution in [0.15, 0.2) is 20.1 Å². The first-order valence-corrected chi connectivity index (χ1v) is 8.40. The molecule has 0 amide bonds. The molecule has 0 aliphatic carbocycles. The lowest BCUT2D eigenvalue weighted by Crippen LogP contribution is -2.28. The van der Waals surface area contributed by atoms with Gasteiger partial charge in [0, 0.05) is 17.6 Å². The largest absolute Gasteiger partial charge is 0.253 e. The fraction of sp³-hybridized carbons (Fsp3) is 0.600. The van der Waals surface area contributed by atoms with E-state index in [9.17, 15) is 8.42 Å². The summed E-state index contributed by atoms with van der Waals surface area (Å²) in [6.45, 7) is 3.44. The Bertz CT molecular complexity index is 469. The molecule has 0 saturated carbocycles. The molecule has 1 atom stereocenters. The standard InChI is InChI=1S/C10H14BrNO2S2/c1-2-8-3-5-12(7-8)16(13,14)10-9(11)4-6-15-10/h4,6,8H,2-3,5,7H2,1H3. The zero-order valence-corrected chi connectivity index (χ0v) is 12.2. The Balaban J connectivity index is 2.25. The normalized spacial score (nSPS) is 22.8. The van der Waals surface area contributed by atoms with Crippen molar-refractivity contribution in [2.24, 2.45) is 5.92 Å². The molecule has 1 saturated heterocycles. The average molecular weight is 324 g/mol. The molecule has 1 unspecified atom stereocenters. The zero-order chi connectivity index (χ0) is 11.8. The summed E-state index contributed by atoms with van der Waals surface area (Å²) in [5, 5.41) is 1.80. The SMILES string of the molecule is CCC1CCN(S(=O)(=O)c2sccc2Br)C1. The molecule has 3 nitrogen and oxygen atoms in total. The van der Waals surface area contributed by atoms with E-state index in [0.29, 0.717) is 27.7 Å². The molecular weight excluding hydrogens is 310 g/mol. The number of sulfonamides is 1. The molecule has 0 radical (unpaired) electrons. The van der Waals surface area contributed by atoms with E-state index < -0.39 is 10.0 Å². The van der Waals surface area contributed by atoms with Gasteiger partial charge in [-0.3, -0.25) is 0 Å². The van der Waals surface area contributed by atoms with Crippen molar-refractivity contribution in [2.75, 3.05) is 13.1 Å². The van der Waals surface area contributed by atoms with Crippen molar-refractivity contribution in [3.63, 3.8) is 0 Å². The van der Waals surface area contributed by atoms with Gasteiger partial charge in [-0.1, -0.05) is 13.3 Å². The summed E-state index contributed by atoms with van der Waals surface area (Å²) < 4.78 is 27.3. The first-order chi connectivity index (χ1) is 7.55. The molecule has 1 aromatic rings. The second-order valence-corrected chi connectivity index (χ2v) is 7.89. The van der Waals surface area contributed by atoms with Gasteiger partial charge in [0.2, 0.25) is 0 Å². The molecule has 0 N–H and O–H groups in total.